The number of aromatic nitrogens is 2. The van der Waals surface area contributed by atoms with Crippen LogP contribution in [0, 0.1) is 6.92 Å². The van der Waals surface area contributed by atoms with Gasteiger partial charge in [-0.05, 0) is 49.4 Å². The van der Waals surface area contributed by atoms with Gasteiger partial charge in [-0.15, -0.1) is 0 Å². The maximum Gasteiger partial charge on any atom is 0.287 e. The van der Waals surface area contributed by atoms with Gasteiger partial charge in [-0.3, -0.25) is 9.48 Å². The molecular weight excluding hydrogens is 342 g/mol. The monoisotopic (exact) mass is 359 g/mol. The van der Waals surface area contributed by atoms with Crippen LogP contribution < -0.4 is 10.1 Å². The Balaban J connectivity index is 1.54. The average Bonchev–Trinajstić information content (AvgIpc) is 3.18. The van der Waals surface area contributed by atoms with Gasteiger partial charge in [0, 0.05) is 12.1 Å². The van der Waals surface area contributed by atoms with E-state index in [9.17, 15) is 4.79 Å². The first-order chi connectivity index (χ1) is 12.0. The van der Waals surface area contributed by atoms with Gasteiger partial charge in [0.2, 0.25) is 0 Å². The van der Waals surface area contributed by atoms with Crippen molar-refractivity contribution in [2.24, 2.45) is 7.05 Å². The summed E-state index contributed by atoms with van der Waals surface area (Å²) in [5.41, 5.74) is 1.83. The van der Waals surface area contributed by atoms with Crippen LogP contribution in [0.1, 0.15) is 27.7 Å². The Morgan fingerprint density at radius 1 is 1.28 bits per heavy atom. The molecule has 1 amide bonds. The van der Waals surface area contributed by atoms with Crippen LogP contribution in [0.4, 0.5) is 0 Å². The number of carbonyl (C=O) groups is 1. The minimum atomic E-state index is -0.281. The lowest BCUT2D eigenvalue weighted by Crippen LogP contribution is -2.23. The van der Waals surface area contributed by atoms with Crippen molar-refractivity contribution in [2.75, 3.05) is 0 Å². The number of carbonyl (C=O) groups excluding carboxylic acids is 1. The highest BCUT2D eigenvalue weighted by atomic mass is 35.5. The molecule has 1 N–H and O–H groups in total. The summed E-state index contributed by atoms with van der Waals surface area (Å²) in [4.78, 5) is 12.2. The predicted molar refractivity (Wildman–Crippen MR) is 93.6 cm³/mol. The number of furan rings is 1. The molecule has 0 fully saturated rings. The topological polar surface area (TPSA) is 69.3 Å². The minimum Gasteiger partial charge on any atom is -0.486 e. The molecule has 2 aromatic heterocycles. The molecule has 0 aliphatic rings. The van der Waals surface area contributed by atoms with Crippen molar-refractivity contribution in [2.45, 2.75) is 20.1 Å². The number of hydrogen-bond donors (Lipinski definition) is 1. The molecule has 0 radical (unpaired) electrons. The molecule has 2 heterocycles. The van der Waals surface area contributed by atoms with E-state index in [4.69, 9.17) is 20.8 Å². The first-order valence-electron chi connectivity index (χ1n) is 7.76. The summed E-state index contributed by atoms with van der Waals surface area (Å²) in [5, 5.41) is 7.70. The number of rotatable bonds is 6. The summed E-state index contributed by atoms with van der Waals surface area (Å²) in [6.07, 6.45) is 0. The molecule has 1 aromatic carbocycles. The molecule has 0 aliphatic carbocycles. The molecule has 0 aliphatic heterocycles. The van der Waals surface area contributed by atoms with E-state index in [1.165, 1.54) is 0 Å². The van der Waals surface area contributed by atoms with E-state index in [0.29, 0.717) is 23.1 Å². The molecule has 0 saturated carbocycles. The third kappa shape index (κ3) is 4.42. The van der Waals surface area contributed by atoms with Crippen LogP contribution >= 0.6 is 11.6 Å². The molecule has 7 heteroatoms. The van der Waals surface area contributed by atoms with Gasteiger partial charge in [-0.1, -0.05) is 11.6 Å². The Morgan fingerprint density at radius 3 is 2.72 bits per heavy atom. The van der Waals surface area contributed by atoms with Gasteiger partial charge < -0.3 is 14.5 Å². The lowest BCUT2D eigenvalue weighted by Gasteiger charge is -2.05. The fourth-order valence-electron chi connectivity index (χ4n) is 2.35. The summed E-state index contributed by atoms with van der Waals surface area (Å²) in [5.74, 6) is 1.21. The Bertz CT molecular complexity index is 868. The zero-order valence-corrected chi connectivity index (χ0v) is 14.7. The van der Waals surface area contributed by atoms with Gasteiger partial charge in [0.1, 0.15) is 18.1 Å². The highest BCUT2D eigenvalue weighted by Gasteiger charge is 2.12. The summed E-state index contributed by atoms with van der Waals surface area (Å²) < 4.78 is 12.9. The van der Waals surface area contributed by atoms with Crippen molar-refractivity contribution in [1.29, 1.82) is 0 Å². The van der Waals surface area contributed by atoms with Gasteiger partial charge in [0.15, 0.2) is 5.76 Å². The summed E-state index contributed by atoms with van der Waals surface area (Å²) in [6, 6.07) is 12.3. The van der Waals surface area contributed by atoms with Gasteiger partial charge in [-0.25, -0.2) is 0 Å². The lowest BCUT2D eigenvalue weighted by molar-refractivity contribution is 0.0918. The van der Waals surface area contributed by atoms with Gasteiger partial charge in [0.05, 0.1) is 17.9 Å². The number of amides is 1. The van der Waals surface area contributed by atoms with Crippen molar-refractivity contribution in [3.8, 4) is 5.75 Å². The molecule has 0 bridgehead atoms. The Labute approximate surface area is 150 Å². The number of halogens is 1. The van der Waals surface area contributed by atoms with Crippen molar-refractivity contribution in [3.05, 3.63) is 70.4 Å². The fraction of sp³-hybridized carbons (Fsp3) is 0.222. The van der Waals surface area contributed by atoms with E-state index < -0.39 is 0 Å². The third-order valence-electron chi connectivity index (χ3n) is 3.61. The SMILES string of the molecule is Cc1cc(CNC(=O)c2ccc(COc3ccc(Cl)cc3)o2)n(C)n1. The molecule has 0 saturated heterocycles. The Hall–Kier alpha value is -2.73. The Morgan fingerprint density at radius 2 is 2.04 bits per heavy atom. The van der Waals surface area contributed by atoms with E-state index >= 15 is 0 Å². The number of aryl methyl sites for hydroxylation is 2. The standard InChI is InChI=1S/C18H18ClN3O3/c1-12-9-14(22(2)21-12)10-20-18(23)17-8-7-16(25-17)11-24-15-5-3-13(19)4-6-15/h3-9H,10-11H2,1-2H3,(H,20,23). The maximum absolute atomic E-state index is 12.2. The normalized spacial score (nSPS) is 10.7. The van der Waals surface area contributed by atoms with Crippen LogP contribution in [-0.4, -0.2) is 15.7 Å². The molecule has 0 atom stereocenters. The van der Waals surface area contributed by atoms with Crippen LogP contribution in [-0.2, 0) is 20.2 Å². The first-order valence-corrected chi connectivity index (χ1v) is 8.14. The number of hydrogen-bond acceptors (Lipinski definition) is 4. The van der Waals surface area contributed by atoms with Crippen molar-refractivity contribution < 1.29 is 13.9 Å². The van der Waals surface area contributed by atoms with Crippen LogP contribution in [0.2, 0.25) is 5.02 Å². The zero-order chi connectivity index (χ0) is 17.8. The quantitative estimate of drug-likeness (QED) is 0.731. The predicted octanol–water partition coefficient (Wildman–Crippen LogP) is 3.48. The molecule has 0 spiro atoms. The van der Waals surface area contributed by atoms with Crippen molar-refractivity contribution in [1.82, 2.24) is 15.1 Å². The number of nitrogens with zero attached hydrogens (tertiary/aromatic N) is 2. The molecule has 25 heavy (non-hydrogen) atoms. The lowest BCUT2D eigenvalue weighted by atomic mass is 10.3. The highest BCUT2D eigenvalue weighted by molar-refractivity contribution is 6.30. The maximum atomic E-state index is 12.2. The largest absolute Gasteiger partial charge is 0.486 e. The van der Waals surface area contributed by atoms with E-state index in [2.05, 4.69) is 10.4 Å². The minimum absolute atomic E-state index is 0.232. The van der Waals surface area contributed by atoms with Gasteiger partial charge in [0.25, 0.3) is 5.91 Å². The summed E-state index contributed by atoms with van der Waals surface area (Å²) in [6.45, 7) is 2.52. The molecule has 130 valence electrons. The van der Waals surface area contributed by atoms with Crippen LogP contribution in [0.25, 0.3) is 0 Å². The second-order valence-corrected chi connectivity index (χ2v) is 6.03. The second kappa shape index (κ2) is 7.44. The average molecular weight is 360 g/mol. The summed E-state index contributed by atoms with van der Waals surface area (Å²) >= 11 is 5.83. The first kappa shape index (κ1) is 17.1. The second-order valence-electron chi connectivity index (χ2n) is 5.59. The molecule has 3 aromatic rings. The number of nitrogens with one attached hydrogen (secondary N) is 1. The van der Waals surface area contributed by atoms with E-state index in [0.717, 1.165) is 11.4 Å². The third-order valence-corrected chi connectivity index (χ3v) is 3.86. The summed E-state index contributed by atoms with van der Waals surface area (Å²) in [7, 11) is 1.84. The van der Waals surface area contributed by atoms with E-state index in [-0.39, 0.29) is 18.3 Å². The van der Waals surface area contributed by atoms with E-state index in [1.807, 2.05) is 20.0 Å². The van der Waals surface area contributed by atoms with E-state index in [1.54, 1.807) is 41.1 Å². The highest BCUT2D eigenvalue weighted by Crippen LogP contribution is 2.17. The Kier molecular flexibility index (Phi) is 5.09. The molecule has 0 unspecified atom stereocenters. The smallest absolute Gasteiger partial charge is 0.287 e. The number of ether oxygens (including phenoxy) is 1. The number of benzene rings is 1. The zero-order valence-electron chi connectivity index (χ0n) is 14.0. The van der Waals surface area contributed by atoms with Gasteiger partial charge in [-0.2, -0.15) is 5.10 Å². The van der Waals surface area contributed by atoms with Crippen molar-refractivity contribution in [3.63, 3.8) is 0 Å². The fourth-order valence-corrected chi connectivity index (χ4v) is 2.48. The van der Waals surface area contributed by atoms with Gasteiger partial charge >= 0.3 is 0 Å². The molecule has 3 rings (SSSR count). The molecular formula is C18H18ClN3O3. The molecule has 6 nitrogen and oxygen atoms in total. The van der Waals surface area contributed by atoms with Crippen LogP contribution in [0.5, 0.6) is 5.75 Å². The van der Waals surface area contributed by atoms with Crippen LogP contribution in [0.15, 0.2) is 46.9 Å². The van der Waals surface area contributed by atoms with Crippen LogP contribution in [0.3, 0.4) is 0 Å². The van der Waals surface area contributed by atoms with Crippen molar-refractivity contribution >= 4 is 17.5 Å².